The van der Waals surface area contributed by atoms with Crippen molar-refractivity contribution in [3.05, 3.63) is 257 Å². The largest absolute Gasteiger partial charge is 0.508 e. The molecule has 4 heterocycles. The third kappa shape index (κ3) is 11.8. The quantitative estimate of drug-likeness (QED) is 0.119. The van der Waals surface area contributed by atoms with Gasteiger partial charge >= 0.3 is 5.97 Å². The first-order valence-corrected chi connectivity index (χ1v) is 23.7. The Hall–Kier alpha value is -7.39. The number of ether oxygens (including phenoxy) is 2. The summed E-state index contributed by atoms with van der Waals surface area (Å²) < 4.78 is 13.8. The predicted octanol–water partition coefficient (Wildman–Crippen LogP) is 12.8. The van der Waals surface area contributed by atoms with Crippen LogP contribution >= 0.6 is 0 Å². The van der Waals surface area contributed by atoms with Crippen molar-refractivity contribution in [1.29, 1.82) is 0 Å². The standard InChI is InChI=1S/C20H14O4.C16H16N.C14H13N.C12H9NO2.3Mn/c21-12-9-10-16-18(11-12)24-17-8-4-3-7-15(17)19(16)13-5-1-2-6-14(13)20(22)23;1-17-11-5-8-14-9-10-15(12-16(14)17)13-6-3-2-4-7-13;1-15-10-11-6-2-3-7-12(11)13-8-4-5-9-14(13)15;14-8-5-6-10-12(7-8)15-11-4-2-1-3-9(11)13-10;;;/h1-3,5-11,21H,4H2,(H,22,23);2-8,10-11H,9,12H2,1H3;2-9H,10H2,1H3;1,3-7,14H,2H2;;;/q;+1;;;;;. The van der Waals surface area contributed by atoms with Gasteiger partial charge in [0.25, 0.3) is 0 Å². The number of aromatic hydroxyl groups is 2. The third-order valence-electron chi connectivity index (χ3n) is 13.0. The molecule has 7 aromatic rings. The average Bonchev–Trinajstić information content (AvgIpc) is 3.40. The Bertz CT molecular complexity index is 3450. The normalized spacial score (nSPS) is 14.3. The molecule has 371 valence electrons. The molecule has 6 aliphatic rings. The van der Waals surface area contributed by atoms with Crippen LogP contribution in [0.1, 0.15) is 56.7 Å². The zero-order valence-corrected chi connectivity index (χ0v) is 44.2. The number of aromatic nitrogens is 1. The fourth-order valence-corrected chi connectivity index (χ4v) is 9.53. The second-order valence-corrected chi connectivity index (χ2v) is 17.7. The first-order chi connectivity index (χ1) is 34.7. The van der Waals surface area contributed by atoms with Gasteiger partial charge in [-0.15, -0.1) is 0 Å². The van der Waals surface area contributed by atoms with Gasteiger partial charge in [-0.25, -0.2) is 14.4 Å². The Balaban J connectivity index is 0.000000145. The maximum atomic E-state index is 11.7. The zero-order valence-electron chi connectivity index (χ0n) is 40.6. The van der Waals surface area contributed by atoms with Crippen molar-refractivity contribution < 1.29 is 85.4 Å². The molecule has 0 unspecified atom stereocenters. The van der Waals surface area contributed by atoms with Crippen LogP contribution < -0.4 is 18.9 Å². The summed E-state index contributed by atoms with van der Waals surface area (Å²) >= 11 is 0. The molecule has 0 saturated carbocycles. The van der Waals surface area contributed by atoms with Crippen molar-refractivity contribution in [2.24, 2.45) is 12.0 Å². The average molecular weight is 1100 g/mol. The fraction of sp³-hybridized carbons (Fsp3) is 0.113. The summed E-state index contributed by atoms with van der Waals surface area (Å²) in [5, 5.41) is 28.6. The molecule has 0 bridgehead atoms. The van der Waals surface area contributed by atoms with Gasteiger partial charge in [0.1, 0.15) is 47.2 Å². The number of fused-ring (bicyclic) bond motifs is 8. The molecule has 0 saturated heterocycles. The van der Waals surface area contributed by atoms with Gasteiger partial charge in [-0.1, -0.05) is 115 Å². The minimum atomic E-state index is -0.976. The van der Waals surface area contributed by atoms with E-state index in [9.17, 15) is 20.1 Å². The van der Waals surface area contributed by atoms with Crippen LogP contribution in [0, 0.1) is 0 Å². The molecule has 0 spiro atoms. The van der Waals surface area contributed by atoms with Crippen molar-refractivity contribution in [1.82, 2.24) is 0 Å². The fourth-order valence-electron chi connectivity index (χ4n) is 9.53. The molecule has 0 atom stereocenters. The van der Waals surface area contributed by atoms with Crippen molar-refractivity contribution in [2.45, 2.75) is 32.2 Å². The van der Waals surface area contributed by atoms with Crippen molar-refractivity contribution in [3.8, 4) is 34.1 Å². The molecule has 74 heavy (non-hydrogen) atoms. The molecule has 12 heteroatoms. The molecule has 13 rings (SSSR count). The maximum absolute atomic E-state index is 11.7. The maximum Gasteiger partial charge on any atom is 0.336 e. The van der Waals surface area contributed by atoms with Gasteiger partial charge in [0.05, 0.1) is 12.0 Å². The zero-order chi connectivity index (χ0) is 48.8. The number of carboxylic acids is 1. The Morgan fingerprint density at radius 2 is 1.27 bits per heavy atom. The molecular weight excluding hydrogens is 1050 g/mol. The molecule has 3 aliphatic heterocycles. The SMILES string of the molecule is CN1Cc2ccccc2-c2ccccc21.C[n+]1cccc2c1CC(c1ccccc1)=CC2.O=C(O)c1ccccc1C1=C2C=CCC=C2Oc2cc(O)ccc21.Oc1ccc2c(c1)OC1=CCC=CC1=N2.[Mn].[Mn].[Mn]. The number of aryl methyl sites for hydroxylation is 1. The van der Waals surface area contributed by atoms with E-state index in [-0.39, 0.29) is 68.3 Å². The molecule has 9 nitrogen and oxygen atoms in total. The number of nitrogens with zero attached hydrogens (tertiary/aromatic N) is 3. The minimum absolute atomic E-state index is 0. The van der Waals surface area contributed by atoms with Crippen LogP contribution in [0.2, 0.25) is 0 Å². The molecule has 1 aromatic heterocycles. The molecular formula is C62H52Mn3N3O6+. The van der Waals surface area contributed by atoms with E-state index in [1.807, 2.05) is 42.5 Å². The number of rotatable bonds is 3. The number of allylic oxidation sites excluding steroid dienone is 8. The smallest absolute Gasteiger partial charge is 0.336 e. The summed E-state index contributed by atoms with van der Waals surface area (Å²) in [6.45, 7) is 1.01. The van der Waals surface area contributed by atoms with E-state index in [1.165, 1.54) is 44.8 Å². The number of hydrogen-bond donors (Lipinski definition) is 3. The number of phenolic OH excluding ortho intramolecular Hbond substituents is 2. The van der Waals surface area contributed by atoms with Crippen molar-refractivity contribution >= 4 is 34.2 Å². The summed E-state index contributed by atoms with van der Waals surface area (Å²) in [4.78, 5) is 18.4. The van der Waals surface area contributed by atoms with Gasteiger partial charge in [-0.2, -0.15) is 0 Å². The van der Waals surface area contributed by atoms with Gasteiger partial charge in [0, 0.05) is 117 Å². The number of carbonyl (C=O) groups is 1. The molecule has 0 amide bonds. The first-order valence-electron chi connectivity index (χ1n) is 23.7. The summed E-state index contributed by atoms with van der Waals surface area (Å²) in [5.74, 6) is 1.92. The number of anilines is 1. The number of aliphatic imine (C=N–C) groups is 1. The summed E-state index contributed by atoms with van der Waals surface area (Å²) in [6.07, 6.45) is 20.1. The number of aromatic carboxylic acids is 1. The van der Waals surface area contributed by atoms with E-state index in [0.717, 1.165) is 66.1 Å². The van der Waals surface area contributed by atoms with Gasteiger partial charge in [0.2, 0.25) is 0 Å². The van der Waals surface area contributed by atoms with E-state index in [1.54, 1.807) is 54.6 Å². The Labute approximate surface area is 463 Å². The summed E-state index contributed by atoms with van der Waals surface area (Å²) in [5.41, 5.74) is 16.1. The molecule has 0 fully saturated rings. The van der Waals surface area contributed by atoms with Gasteiger partial charge in [0.15, 0.2) is 17.6 Å². The number of phenols is 2. The monoisotopic (exact) mass is 1100 g/mol. The van der Waals surface area contributed by atoms with E-state index in [0.29, 0.717) is 22.8 Å². The van der Waals surface area contributed by atoms with Crippen molar-refractivity contribution in [3.63, 3.8) is 0 Å². The minimum Gasteiger partial charge on any atom is -0.508 e. The van der Waals surface area contributed by atoms with Gasteiger partial charge < -0.3 is 29.7 Å². The number of hydrogen-bond acceptors (Lipinski definition) is 7. The van der Waals surface area contributed by atoms with Crippen LogP contribution in [0.25, 0.3) is 22.3 Å². The van der Waals surface area contributed by atoms with Crippen LogP contribution in [0.15, 0.2) is 222 Å². The second kappa shape index (κ2) is 24.6. The van der Waals surface area contributed by atoms with E-state index in [4.69, 9.17) is 9.47 Å². The number of pyridine rings is 1. The van der Waals surface area contributed by atoms with Crippen LogP contribution in [0.5, 0.6) is 23.0 Å². The molecule has 3 N–H and O–H groups in total. The predicted molar refractivity (Wildman–Crippen MR) is 281 cm³/mol. The van der Waals surface area contributed by atoms with Crippen LogP contribution in [-0.2, 0) is 77.6 Å². The van der Waals surface area contributed by atoms with E-state index in [2.05, 4.69) is 132 Å². The topological polar surface area (TPSA) is 116 Å². The Morgan fingerprint density at radius 1 is 0.635 bits per heavy atom. The van der Waals surface area contributed by atoms with E-state index >= 15 is 0 Å². The number of benzene rings is 6. The Kier molecular flexibility index (Phi) is 18.0. The Morgan fingerprint density at radius 3 is 2.05 bits per heavy atom. The van der Waals surface area contributed by atoms with Gasteiger partial charge in [-0.3, -0.25) is 0 Å². The van der Waals surface area contributed by atoms with Crippen LogP contribution in [0.4, 0.5) is 11.4 Å². The molecule has 3 aliphatic carbocycles. The summed E-state index contributed by atoms with van der Waals surface area (Å²) in [7, 11) is 4.28. The first kappa shape index (κ1) is 54.4. The number of carboxylic acid groups (broad SMARTS) is 1. The van der Waals surface area contributed by atoms with Crippen molar-refractivity contribution in [2.75, 3.05) is 11.9 Å². The second-order valence-electron chi connectivity index (χ2n) is 17.7. The third-order valence-corrected chi connectivity index (χ3v) is 13.0. The molecule has 6 aromatic carbocycles. The van der Waals surface area contributed by atoms with E-state index < -0.39 is 5.97 Å². The molecule has 3 radical (unpaired) electrons. The van der Waals surface area contributed by atoms with Crippen LogP contribution in [0.3, 0.4) is 0 Å². The summed E-state index contributed by atoms with van der Waals surface area (Å²) in [6, 6.07) is 49.0. The van der Waals surface area contributed by atoms with Gasteiger partial charge in [-0.05, 0) is 108 Å². The number of para-hydroxylation sites is 1. The van der Waals surface area contributed by atoms with Crippen LogP contribution in [-0.4, -0.2) is 34.0 Å².